The zero-order valence-electron chi connectivity index (χ0n) is 10.4. The van der Waals surface area contributed by atoms with Gasteiger partial charge in [-0.3, -0.25) is 4.79 Å². The topological polar surface area (TPSA) is 92.9 Å². The molecule has 1 aromatic rings. The van der Waals surface area contributed by atoms with E-state index in [4.69, 9.17) is 14.3 Å². The average molecular weight is 256 g/mol. The molecule has 18 heavy (non-hydrogen) atoms. The van der Waals surface area contributed by atoms with E-state index in [2.05, 4.69) is 4.98 Å². The van der Waals surface area contributed by atoms with Gasteiger partial charge in [0.2, 0.25) is 0 Å². The first kappa shape index (κ1) is 14.0. The van der Waals surface area contributed by atoms with Crippen molar-refractivity contribution >= 4 is 18.0 Å². The molecule has 0 amide bonds. The maximum absolute atomic E-state index is 11.3. The number of anilines is 1. The summed E-state index contributed by atoms with van der Waals surface area (Å²) in [6.07, 6.45) is 1.78. The van der Waals surface area contributed by atoms with Crippen molar-refractivity contribution in [3.63, 3.8) is 0 Å². The van der Waals surface area contributed by atoms with Crippen LogP contribution in [0.4, 0.5) is 6.01 Å². The number of hydrogen-bond donors (Lipinski definition) is 1. The van der Waals surface area contributed by atoms with Crippen LogP contribution >= 0.6 is 0 Å². The Morgan fingerprint density at radius 1 is 1.56 bits per heavy atom. The van der Waals surface area contributed by atoms with Crippen molar-refractivity contribution in [3.8, 4) is 0 Å². The predicted molar refractivity (Wildman–Crippen MR) is 62.6 cm³/mol. The van der Waals surface area contributed by atoms with Gasteiger partial charge in [-0.1, -0.05) is 0 Å². The number of esters is 1. The first-order chi connectivity index (χ1) is 8.54. The third-order valence-corrected chi connectivity index (χ3v) is 2.19. The molecule has 0 unspecified atom stereocenters. The molecule has 0 atom stereocenters. The van der Waals surface area contributed by atoms with Crippen molar-refractivity contribution in [2.45, 2.75) is 19.8 Å². The number of carboxylic acids is 1. The van der Waals surface area contributed by atoms with Crippen LogP contribution in [-0.2, 0) is 9.53 Å². The molecule has 7 heteroatoms. The molecule has 100 valence electrons. The standard InChI is InChI=1S/C11H16N2O5/c1-3-17-10(16)8-7-18-11(12-8)13(2)6-4-5-9(14)15/h7H,3-6H2,1-2H3,(H,14,15). The van der Waals surface area contributed by atoms with E-state index < -0.39 is 11.9 Å². The minimum absolute atomic E-state index is 0.0791. The number of aliphatic carboxylic acids is 1. The van der Waals surface area contributed by atoms with E-state index in [1.54, 1.807) is 18.9 Å². The van der Waals surface area contributed by atoms with Crippen LogP contribution in [0.15, 0.2) is 10.7 Å². The number of ether oxygens (including phenoxy) is 1. The zero-order chi connectivity index (χ0) is 13.5. The van der Waals surface area contributed by atoms with E-state index in [1.165, 1.54) is 6.26 Å². The molecule has 1 rings (SSSR count). The van der Waals surface area contributed by atoms with Gasteiger partial charge in [-0.05, 0) is 13.3 Å². The summed E-state index contributed by atoms with van der Waals surface area (Å²) in [5.41, 5.74) is 0.108. The Hall–Kier alpha value is -2.05. The molecule has 1 N–H and O–H groups in total. The van der Waals surface area contributed by atoms with Gasteiger partial charge < -0.3 is 19.2 Å². The molecule has 0 aliphatic carbocycles. The summed E-state index contributed by atoms with van der Waals surface area (Å²) >= 11 is 0. The number of carbonyl (C=O) groups excluding carboxylic acids is 1. The van der Waals surface area contributed by atoms with Crippen molar-refractivity contribution in [1.82, 2.24) is 4.98 Å². The molecule has 0 spiro atoms. The fourth-order valence-corrected chi connectivity index (χ4v) is 1.30. The van der Waals surface area contributed by atoms with Crippen LogP contribution in [0, 0.1) is 0 Å². The van der Waals surface area contributed by atoms with Gasteiger partial charge in [0.05, 0.1) is 6.61 Å². The van der Waals surface area contributed by atoms with Gasteiger partial charge in [-0.2, -0.15) is 4.98 Å². The van der Waals surface area contributed by atoms with Gasteiger partial charge in [0.25, 0.3) is 6.01 Å². The number of oxazole rings is 1. The second kappa shape index (κ2) is 6.63. The number of aromatic nitrogens is 1. The fourth-order valence-electron chi connectivity index (χ4n) is 1.30. The van der Waals surface area contributed by atoms with Crippen LogP contribution < -0.4 is 4.90 Å². The lowest BCUT2D eigenvalue weighted by Gasteiger charge is -2.12. The highest BCUT2D eigenvalue weighted by molar-refractivity contribution is 5.87. The Bertz CT molecular complexity index is 415. The SMILES string of the molecule is CCOC(=O)c1coc(N(C)CCCC(=O)O)n1. The van der Waals surface area contributed by atoms with Crippen LogP contribution in [0.1, 0.15) is 30.3 Å². The number of rotatable bonds is 7. The Morgan fingerprint density at radius 2 is 2.28 bits per heavy atom. The first-order valence-electron chi connectivity index (χ1n) is 5.60. The highest BCUT2D eigenvalue weighted by atomic mass is 16.5. The Labute approximate surface area is 104 Å². The summed E-state index contributed by atoms with van der Waals surface area (Å²) in [4.78, 5) is 27.3. The molecule has 0 aliphatic rings. The van der Waals surface area contributed by atoms with Crippen molar-refractivity contribution < 1.29 is 23.8 Å². The molecule has 0 aromatic carbocycles. The smallest absolute Gasteiger partial charge is 0.360 e. The monoisotopic (exact) mass is 256 g/mol. The van der Waals surface area contributed by atoms with Gasteiger partial charge >= 0.3 is 11.9 Å². The lowest BCUT2D eigenvalue weighted by Crippen LogP contribution is -2.19. The zero-order valence-corrected chi connectivity index (χ0v) is 10.4. The highest BCUT2D eigenvalue weighted by Crippen LogP contribution is 2.13. The van der Waals surface area contributed by atoms with Gasteiger partial charge in [0, 0.05) is 20.0 Å². The summed E-state index contributed by atoms with van der Waals surface area (Å²) in [6, 6.07) is 0.267. The minimum atomic E-state index is -0.844. The summed E-state index contributed by atoms with van der Waals surface area (Å²) < 4.78 is 9.89. The molecule has 0 aliphatic heterocycles. The summed E-state index contributed by atoms with van der Waals surface area (Å²) in [5, 5.41) is 8.51. The van der Waals surface area contributed by atoms with Crippen molar-refractivity contribution in [2.24, 2.45) is 0 Å². The van der Waals surface area contributed by atoms with E-state index in [-0.39, 0.29) is 24.7 Å². The highest BCUT2D eigenvalue weighted by Gasteiger charge is 2.15. The number of carbonyl (C=O) groups is 2. The van der Waals surface area contributed by atoms with Crippen LogP contribution in [-0.4, -0.2) is 42.2 Å². The quantitative estimate of drug-likeness (QED) is 0.731. The molecule has 7 nitrogen and oxygen atoms in total. The largest absolute Gasteiger partial charge is 0.481 e. The van der Waals surface area contributed by atoms with Gasteiger partial charge in [-0.15, -0.1) is 0 Å². The molecule has 0 radical (unpaired) electrons. The third-order valence-electron chi connectivity index (χ3n) is 2.19. The van der Waals surface area contributed by atoms with E-state index in [0.717, 1.165) is 0 Å². The van der Waals surface area contributed by atoms with Crippen LogP contribution in [0.2, 0.25) is 0 Å². The number of hydrogen-bond acceptors (Lipinski definition) is 6. The second-order valence-electron chi connectivity index (χ2n) is 3.65. The van der Waals surface area contributed by atoms with E-state index in [0.29, 0.717) is 13.0 Å². The molecule has 0 saturated carbocycles. The molecule has 1 heterocycles. The number of nitrogens with zero attached hydrogens (tertiary/aromatic N) is 2. The third kappa shape index (κ3) is 4.08. The molecule has 0 saturated heterocycles. The Balaban J connectivity index is 2.51. The Morgan fingerprint density at radius 3 is 2.89 bits per heavy atom. The van der Waals surface area contributed by atoms with E-state index >= 15 is 0 Å². The van der Waals surface area contributed by atoms with E-state index in [1.807, 2.05) is 0 Å². The second-order valence-corrected chi connectivity index (χ2v) is 3.65. The number of carboxylic acid groups (broad SMARTS) is 1. The fraction of sp³-hybridized carbons (Fsp3) is 0.545. The van der Waals surface area contributed by atoms with Crippen molar-refractivity contribution in [3.05, 3.63) is 12.0 Å². The summed E-state index contributed by atoms with van der Waals surface area (Å²) in [7, 11) is 1.71. The van der Waals surface area contributed by atoms with Crippen molar-refractivity contribution in [1.29, 1.82) is 0 Å². The van der Waals surface area contributed by atoms with Gasteiger partial charge in [0.15, 0.2) is 5.69 Å². The van der Waals surface area contributed by atoms with Gasteiger partial charge in [0.1, 0.15) is 6.26 Å². The summed E-state index contributed by atoms with van der Waals surface area (Å²) in [6.45, 7) is 2.46. The molecule has 0 bridgehead atoms. The Kier molecular flexibility index (Phi) is 5.16. The molecular formula is C11H16N2O5. The van der Waals surface area contributed by atoms with Crippen LogP contribution in [0.25, 0.3) is 0 Å². The van der Waals surface area contributed by atoms with Crippen LogP contribution in [0.5, 0.6) is 0 Å². The average Bonchev–Trinajstić information content (AvgIpc) is 2.78. The molecular weight excluding hydrogens is 240 g/mol. The maximum atomic E-state index is 11.3. The lowest BCUT2D eigenvalue weighted by atomic mass is 10.3. The minimum Gasteiger partial charge on any atom is -0.481 e. The maximum Gasteiger partial charge on any atom is 0.360 e. The normalized spacial score (nSPS) is 10.1. The first-order valence-corrected chi connectivity index (χ1v) is 5.60. The van der Waals surface area contributed by atoms with Gasteiger partial charge in [-0.25, -0.2) is 4.79 Å². The molecule has 1 aromatic heterocycles. The van der Waals surface area contributed by atoms with Crippen molar-refractivity contribution in [2.75, 3.05) is 25.1 Å². The lowest BCUT2D eigenvalue weighted by molar-refractivity contribution is -0.137. The summed E-state index contributed by atoms with van der Waals surface area (Å²) in [5.74, 6) is -1.38. The van der Waals surface area contributed by atoms with E-state index in [9.17, 15) is 9.59 Å². The van der Waals surface area contributed by atoms with Crippen LogP contribution in [0.3, 0.4) is 0 Å². The molecule has 0 fully saturated rings. The predicted octanol–water partition coefficient (Wildman–Crippen LogP) is 1.15.